The van der Waals surface area contributed by atoms with Crippen molar-refractivity contribution in [3.8, 4) is 11.5 Å². The first-order valence-electron chi connectivity index (χ1n) is 5.19. The van der Waals surface area contributed by atoms with Crippen molar-refractivity contribution in [2.45, 2.75) is 12.3 Å². The molecule has 1 aliphatic rings. The maximum atomic E-state index is 5.29. The van der Waals surface area contributed by atoms with Crippen molar-refractivity contribution < 1.29 is 9.47 Å². The Morgan fingerprint density at radius 1 is 1.25 bits per heavy atom. The largest absolute Gasteiger partial charge is 0.493 e. The molecule has 1 atom stereocenters. The molecule has 0 heterocycles. The zero-order chi connectivity index (χ0) is 10.8. The Hall–Kier alpha value is -0.930. The number of nitrogens with one attached hydrogen (secondary N) is 1. The van der Waals surface area contributed by atoms with Crippen LogP contribution in [0.5, 0.6) is 11.5 Å². The minimum atomic E-state index is 0. The topological polar surface area (TPSA) is 30.5 Å². The summed E-state index contributed by atoms with van der Waals surface area (Å²) in [6, 6.07) is 4.18. The molecule has 1 aromatic carbocycles. The molecule has 0 fully saturated rings. The minimum absolute atomic E-state index is 0. The first-order chi connectivity index (χ1) is 7.30. The highest BCUT2D eigenvalue weighted by Crippen LogP contribution is 2.41. The van der Waals surface area contributed by atoms with Crippen LogP contribution in [0.1, 0.15) is 17.0 Å². The van der Waals surface area contributed by atoms with Gasteiger partial charge in [-0.1, -0.05) is 0 Å². The third-order valence-electron chi connectivity index (χ3n) is 3.00. The molecule has 16 heavy (non-hydrogen) atoms. The molecule has 2 rings (SSSR count). The van der Waals surface area contributed by atoms with E-state index in [1.807, 2.05) is 7.05 Å². The molecule has 0 bridgehead atoms. The third kappa shape index (κ3) is 2.11. The number of hydrogen-bond acceptors (Lipinski definition) is 3. The molecule has 0 unspecified atom stereocenters. The second kappa shape index (κ2) is 5.41. The lowest BCUT2D eigenvalue weighted by Gasteiger charge is -2.31. The smallest absolute Gasteiger partial charge is 0.161 e. The maximum Gasteiger partial charge on any atom is 0.161 e. The fraction of sp³-hybridized carbons (Fsp3) is 0.500. The number of rotatable bonds is 4. The van der Waals surface area contributed by atoms with Gasteiger partial charge in [0.05, 0.1) is 14.2 Å². The van der Waals surface area contributed by atoms with E-state index < -0.39 is 0 Å². The number of halogens is 1. The predicted molar refractivity (Wildman–Crippen MR) is 67.2 cm³/mol. The van der Waals surface area contributed by atoms with Crippen LogP contribution >= 0.6 is 12.4 Å². The number of methoxy groups -OCH3 is 2. The van der Waals surface area contributed by atoms with Crippen molar-refractivity contribution in [3.05, 3.63) is 23.3 Å². The molecule has 0 aromatic heterocycles. The average molecular weight is 244 g/mol. The van der Waals surface area contributed by atoms with Crippen LogP contribution in [0.15, 0.2) is 12.1 Å². The molecule has 0 spiro atoms. The summed E-state index contributed by atoms with van der Waals surface area (Å²) in [4.78, 5) is 0. The Labute approximate surface area is 103 Å². The van der Waals surface area contributed by atoms with Crippen LogP contribution < -0.4 is 14.8 Å². The number of hydrogen-bond donors (Lipinski definition) is 1. The van der Waals surface area contributed by atoms with Gasteiger partial charge in [-0.3, -0.25) is 0 Å². The third-order valence-corrected chi connectivity index (χ3v) is 3.00. The summed E-state index contributed by atoms with van der Waals surface area (Å²) in [6.45, 7) is 1.03. The van der Waals surface area contributed by atoms with Gasteiger partial charge in [0.1, 0.15) is 0 Å². The molecule has 0 radical (unpaired) electrons. The lowest BCUT2D eigenvalue weighted by atomic mass is 9.77. The Kier molecular flexibility index (Phi) is 4.44. The number of likely N-dealkylation sites (N-methyl/N-ethyl adjacent to an activating group) is 1. The number of fused-ring (bicyclic) bond motifs is 1. The highest BCUT2D eigenvalue weighted by molar-refractivity contribution is 5.85. The quantitative estimate of drug-likeness (QED) is 0.877. The first-order valence-corrected chi connectivity index (χ1v) is 5.19. The van der Waals surface area contributed by atoms with Gasteiger partial charge in [0.15, 0.2) is 11.5 Å². The van der Waals surface area contributed by atoms with E-state index in [-0.39, 0.29) is 12.4 Å². The fourth-order valence-corrected chi connectivity index (χ4v) is 2.17. The summed E-state index contributed by atoms with van der Waals surface area (Å²) in [5.41, 5.74) is 2.77. The lowest BCUT2D eigenvalue weighted by Crippen LogP contribution is -2.27. The van der Waals surface area contributed by atoms with Gasteiger partial charge in [0, 0.05) is 12.5 Å². The van der Waals surface area contributed by atoms with E-state index in [0.29, 0.717) is 5.92 Å². The Balaban J connectivity index is 0.00000128. The fourth-order valence-electron chi connectivity index (χ4n) is 2.17. The van der Waals surface area contributed by atoms with Gasteiger partial charge in [0.2, 0.25) is 0 Å². The van der Waals surface area contributed by atoms with E-state index in [4.69, 9.17) is 9.47 Å². The second-order valence-corrected chi connectivity index (χ2v) is 3.86. The Morgan fingerprint density at radius 2 is 1.88 bits per heavy atom. The Bertz CT molecular complexity index is 368. The molecule has 90 valence electrons. The van der Waals surface area contributed by atoms with Crippen molar-refractivity contribution >= 4 is 12.4 Å². The number of ether oxygens (including phenoxy) is 2. The molecule has 0 saturated heterocycles. The van der Waals surface area contributed by atoms with Crippen molar-refractivity contribution in [1.29, 1.82) is 0 Å². The normalized spacial score (nSPS) is 16.8. The molecule has 4 heteroatoms. The van der Waals surface area contributed by atoms with Crippen LogP contribution in [0.25, 0.3) is 0 Å². The van der Waals surface area contributed by atoms with Gasteiger partial charge >= 0.3 is 0 Å². The second-order valence-electron chi connectivity index (χ2n) is 3.86. The summed E-state index contributed by atoms with van der Waals surface area (Å²) in [5.74, 6) is 2.29. The van der Waals surface area contributed by atoms with Crippen LogP contribution in [-0.2, 0) is 6.42 Å². The summed E-state index contributed by atoms with van der Waals surface area (Å²) in [7, 11) is 5.34. The van der Waals surface area contributed by atoms with E-state index in [0.717, 1.165) is 24.5 Å². The molecule has 1 N–H and O–H groups in total. The van der Waals surface area contributed by atoms with Gasteiger partial charge in [-0.2, -0.15) is 0 Å². The zero-order valence-corrected chi connectivity index (χ0v) is 10.7. The van der Waals surface area contributed by atoms with Gasteiger partial charge in [-0.15, -0.1) is 12.4 Å². The van der Waals surface area contributed by atoms with E-state index >= 15 is 0 Å². The van der Waals surface area contributed by atoms with Crippen LogP contribution in [0.2, 0.25) is 0 Å². The van der Waals surface area contributed by atoms with Crippen molar-refractivity contribution in [2.75, 3.05) is 27.8 Å². The monoisotopic (exact) mass is 243 g/mol. The SMILES string of the molecule is CNC[C@H]1Cc2cc(OC)c(OC)cc21.Cl. The average Bonchev–Trinajstić information content (AvgIpc) is 2.25. The zero-order valence-electron chi connectivity index (χ0n) is 9.87. The van der Waals surface area contributed by atoms with E-state index in [9.17, 15) is 0 Å². The van der Waals surface area contributed by atoms with Gasteiger partial charge < -0.3 is 14.8 Å². The summed E-state index contributed by atoms with van der Waals surface area (Å²) < 4.78 is 10.5. The summed E-state index contributed by atoms with van der Waals surface area (Å²) in [5, 5.41) is 3.20. The van der Waals surface area contributed by atoms with Crippen molar-refractivity contribution in [1.82, 2.24) is 5.32 Å². The minimum Gasteiger partial charge on any atom is -0.493 e. The van der Waals surface area contributed by atoms with E-state index in [2.05, 4.69) is 17.4 Å². The molecule has 1 aliphatic carbocycles. The van der Waals surface area contributed by atoms with Gasteiger partial charge in [-0.25, -0.2) is 0 Å². The molecule has 0 saturated carbocycles. The molecular weight excluding hydrogens is 226 g/mol. The summed E-state index contributed by atoms with van der Waals surface area (Å²) >= 11 is 0. The molecule has 1 aromatic rings. The Morgan fingerprint density at radius 3 is 2.44 bits per heavy atom. The maximum absolute atomic E-state index is 5.29. The molecule has 0 amide bonds. The van der Waals surface area contributed by atoms with Crippen molar-refractivity contribution in [3.63, 3.8) is 0 Å². The van der Waals surface area contributed by atoms with Gasteiger partial charge in [-0.05, 0) is 36.7 Å². The van der Waals surface area contributed by atoms with Gasteiger partial charge in [0.25, 0.3) is 0 Å². The highest BCUT2D eigenvalue weighted by atomic mass is 35.5. The van der Waals surface area contributed by atoms with Crippen LogP contribution in [-0.4, -0.2) is 27.8 Å². The van der Waals surface area contributed by atoms with Crippen LogP contribution in [0.3, 0.4) is 0 Å². The predicted octanol–water partition coefficient (Wildman–Crippen LogP) is 1.98. The highest BCUT2D eigenvalue weighted by Gasteiger charge is 2.27. The van der Waals surface area contributed by atoms with Crippen LogP contribution in [0, 0.1) is 0 Å². The first kappa shape index (κ1) is 13.1. The summed E-state index contributed by atoms with van der Waals surface area (Å²) in [6.07, 6.45) is 1.14. The number of benzene rings is 1. The lowest BCUT2D eigenvalue weighted by molar-refractivity contribution is 0.352. The van der Waals surface area contributed by atoms with E-state index in [1.165, 1.54) is 11.1 Å². The van der Waals surface area contributed by atoms with Crippen molar-refractivity contribution in [2.24, 2.45) is 0 Å². The molecule has 3 nitrogen and oxygen atoms in total. The standard InChI is InChI=1S/C12H17NO2.ClH/c1-13-7-9-4-8-5-11(14-2)12(15-3)6-10(8)9;/h5-6,9,13H,4,7H2,1-3H3;1H/t9-;/m1./s1. The van der Waals surface area contributed by atoms with E-state index in [1.54, 1.807) is 14.2 Å². The van der Waals surface area contributed by atoms with Crippen LogP contribution in [0.4, 0.5) is 0 Å². The molecule has 0 aliphatic heterocycles. The molecular formula is C12H18ClNO2.